The molecule has 5 nitrogen and oxygen atoms in total. The molecule has 1 aliphatic heterocycles. The molecular weight excluding hydrogens is 482 g/mol. The Morgan fingerprint density at radius 2 is 1.44 bits per heavy atom. The lowest BCUT2D eigenvalue weighted by Gasteiger charge is -2.28. The molecule has 2 heterocycles. The van der Waals surface area contributed by atoms with Crippen molar-refractivity contribution < 1.29 is 9.53 Å². The summed E-state index contributed by atoms with van der Waals surface area (Å²) < 4.78 is 5.47. The number of anilines is 2. The van der Waals surface area contributed by atoms with Gasteiger partial charge in [-0.05, 0) is 83.5 Å². The van der Waals surface area contributed by atoms with Crippen molar-refractivity contribution in [2.75, 3.05) is 36.5 Å². The van der Waals surface area contributed by atoms with Gasteiger partial charge in [-0.3, -0.25) is 9.78 Å². The van der Waals surface area contributed by atoms with E-state index < -0.39 is 0 Å². The molecule has 0 radical (unpaired) electrons. The van der Waals surface area contributed by atoms with Gasteiger partial charge >= 0.3 is 0 Å². The van der Waals surface area contributed by atoms with E-state index in [1.165, 1.54) is 11.3 Å². The Bertz CT molecular complexity index is 1370. The lowest BCUT2D eigenvalue weighted by molar-refractivity contribution is -0.117. The number of aryl methyl sites for hydroxylation is 1. The molecule has 5 rings (SSSR count). The van der Waals surface area contributed by atoms with Crippen LogP contribution in [0.1, 0.15) is 37.4 Å². The highest BCUT2D eigenvalue weighted by Gasteiger charge is 2.22. The molecule has 200 valence electrons. The fourth-order valence-corrected chi connectivity index (χ4v) is 5.16. The van der Waals surface area contributed by atoms with Crippen molar-refractivity contribution in [1.82, 2.24) is 4.98 Å². The third kappa shape index (κ3) is 6.73. The van der Waals surface area contributed by atoms with Crippen LogP contribution in [-0.4, -0.2) is 37.2 Å². The van der Waals surface area contributed by atoms with Gasteiger partial charge in [0.2, 0.25) is 5.91 Å². The molecule has 0 spiro atoms. The molecule has 0 unspecified atom stereocenters. The number of pyridine rings is 1. The SMILES string of the molecule is Cc1cc(-c2ccc(NC(=O)[C@H](CC(C)C)c3ccc(-c4ccc(N5CCOCC5)cc4)cc3)cc2)ccn1. The fourth-order valence-electron chi connectivity index (χ4n) is 5.16. The number of morpholine rings is 1. The minimum Gasteiger partial charge on any atom is -0.378 e. The maximum absolute atomic E-state index is 13.5. The zero-order valence-corrected chi connectivity index (χ0v) is 23.1. The van der Waals surface area contributed by atoms with Gasteiger partial charge in [0.15, 0.2) is 0 Å². The summed E-state index contributed by atoms with van der Waals surface area (Å²) in [7, 11) is 0. The number of nitrogens with zero attached hydrogens (tertiary/aromatic N) is 2. The number of rotatable bonds is 8. The summed E-state index contributed by atoms with van der Waals surface area (Å²) in [4.78, 5) is 20.1. The number of ether oxygens (including phenoxy) is 1. The predicted octanol–water partition coefficient (Wildman–Crippen LogP) is 7.33. The summed E-state index contributed by atoms with van der Waals surface area (Å²) >= 11 is 0. The Morgan fingerprint density at radius 1 is 0.846 bits per heavy atom. The lowest BCUT2D eigenvalue weighted by atomic mass is 9.88. The molecular formula is C34H37N3O2. The zero-order chi connectivity index (χ0) is 27.2. The lowest BCUT2D eigenvalue weighted by Crippen LogP contribution is -2.36. The van der Waals surface area contributed by atoms with Gasteiger partial charge < -0.3 is 15.0 Å². The van der Waals surface area contributed by atoms with Crippen LogP contribution < -0.4 is 10.2 Å². The summed E-state index contributed by atoms with van der Waals surface area (Å²) in [5.74, 6) is 0.203. The average molecular weight is 520 g/mol. The summed E-state index contributed by atoms with van der Waals surface area (Å²) in [5, 5.41) is 3.15. The normalized spacial score (nSPS) is 14.3. The van der Waals surface area contributed by atoms with Crippen molar-refractivity contribution in [3.05, 3.63) is 102 Å². The third-order valence-electron chi connectivity index (χ3n) is 7.30. The number of aromatic nitrogens is 1. The van der Waals surface area contributed by atoms with E-state index in [4.69, 9.17) is 4.74 Å². The molecule has 1 aliphatic rings. The van der Waals surface area contributed by atoms with Crippen molar-refractivity contribution in [1.29, 1.82) is 0 Å². The Labute approximate surface area is 231 Å². The smallest absolute Gasteiger partial charge is 0.231 e. The topological polar surface area (TPSA) is 54.5 Å². The van der Waals surface area contributed by atoms with Crippen molar-refractivity contribution in [3.8, 4) is 22.3 Å². The Morgan fingerprint density at radius 3 is 2.05 bits per heavy atom. The average Bonchev–Trinajstić information content (AvgIpc) is 2.97. The predicted molar refractivity (Wildman–Crippen MR) is 160 cm³/mol. The van der Waals surface area contributed by atoms with Crippen LogP contribution >= 0.6 is 0 Å². The molecule has 1 aromatic heterocycles. The van der Waals surface area contributed by atoms with Crippen LogP contribution in [0.25, 0.3) is 22.3 Å². The number of benzene rings is 3. The highest BCUT2D eigenvalue weighted by atomic mass is 16.5. The van der Waals surface area contributed by atoms with E-state index >= 15 is 0 Å². The molecule has 1 atom stereocenters. The van der Waals surface area contributed by atoms with Crippen molar-refractivity contribution in [2.45, 2.75) is 33.1 Å². The maximum Gasteiger partial charge on any atom is 0.231 e. The summed E-state index contributed by atoms with van der Waals surface area (Å²) in [6.07, 6.45) is 2.61. The van der Waals surface area contributed by atoms with E-state index in [1.54, 1.807) is 0 Å². The van der Waals surface area contributed by atoms with E-state index in [-0.39, 0.29) is 11.8 Å². The molecule has 4 aromatic rings. The van der Waals surface area contributed by atoms with Gasteiger partial charge in [-0.25, -0.2) is 0 Å². The second kappa shape index (κ2) is 12.3. The number of carbonyl (C=O) groups is 1. The monoisotopic (exact) mass is 519 g/mol. The highest BCUT2D eigenvalue weighted by Crippen LogP contribution is 2.30. The molecule has 0 saturated carbocycles. The van der Waals surface area contributed by atoms with E-state index in [0.717, 1.165) is 66.4 Å². The fraction of sp³-hybridized carbons (Fsp3) is 0.294. The van der Waals surface area contributed by atoms with E-state index in [2.05, 4.69) is 83.6 Å². The molecule has 39 heavy (non-hydrogen) atoms. The maximum atomic E-state index is 13.5. The standard InChI is InChI=1S/C34H37N3O2/c1-24(2)22-33(34(38)36-31-12-8-28(9-13-31)30-16-17-35-25(3)23-30)29-6-4-26(5-7-29)27-10-14-32(15-11-27)37-18-20-39-21-19-37/h4-17,23-24,33H,18-22H2,1-3H3,(H,36,38)/t33-/m1/s1. The van der Waals surface area contributed by atoms with E-state index in [0.29, 0.717) is 5.92 Å². The summed E-state index contributed by atoms with van der Waals surface area (Å²) in [5.41, 5.74) is 8.61. The van der Waals surface area contributed by atoms with Crippen LogP contribution in [0.3, 0.4) is 0 Å². The Kier molecular flexibility index (Phi) is 8.38. The van der Waals surface area contributed by atoms with Gasteiger partial charge in [0.1, 0.15) is 0 Å². The molecule has 0 bridgehead atoms. The second-order valence-electron chi connectivity index (χ2n) is 10.7. The first-order valence-corrected chi connectivity index (χ1v) is 13.8. The van der Waals surface area contributed by atoms with Crippen molar-refractivity contribution >= 4 is 17.3 Å². The zero-order valence-electron chi connectivity index (χ0n) is 23.1. The van der Waals surface area contributed by atoms with Gasteiger partial charge in [0, 0.05) is 36.4 Å². The quantitative estimate of drug-likeness (QED) is 0.265. The molecule has 0 aliphatic carbocycles. The molecule has 1 N–H and O–H groups in total. The van der Waals surface area contributed by atoms with Crippen LogP contribution in [-0.2, 0) is 9.53 Å². The van der Waals surface area contributed by atoms with Gasteiger partial charge in [0.25, 0.3) is 0 Å². The third-order valence-corrected chi connectivity index (χ3v) is 7.30. The van der Waals surface area contributed by atoms with Gasteiger partial charge in [-0.2, -0.15) is 0 Å². The first-order chi connectivity index (χ1) is 19.0. The molecule has 1 amide bonds. The van der Waals surface area contributed by atoms with Crippen molar-refractivity contribution in [2.24, 2.45) is 5.92 Å². The van der Waals surface area contributed by atoms with Crippen molar-refractivity contribution in [3.63, 3.8) is 0 Å². The number of amides is 1. The van der Waals surface area contributed by atoms with Crippen LogP contribution in [0.2, 0.25) is 0 Å². The summed E-state index contributed by atoms with van der Waals surface area (Å²) in [6.45, 7) is 9.74. The molecule has 1 fully saturated rings. The van der Waals surface area contributed by atoms with E-state index in [1.807, 2.05) is 43.5 Å². The molecule has 3 aromatic carbocycles. The number of hydrogen-bond donors (Lipinski definition) is 1. The first kappa shape index (κ1) is 26.6. The Hall–Kier alpha value is -3.96. The largest absolute Gasteiger partial charge is 0.378 e. The van der Waals surface area contributed by atoms with Gasteiger partial charge in [-0.15, -0.1) is 0 Å². The van der Waals surface area contributed by atoms with Crippen LogP contribution in [0.5, 0.6) is 0 Å². The first-order valence-electron chi connectivity index (χ1n) is 13.8. The summed E-state index contributed by atoms with van der Waals surface area (Å²) in [6, 6.07) is 29.3. The van der Waals surface area contributed by atoms with Gasteiger partial charge in [0.05, 0.1) is 19.1 Å². The number of nitrogens with one attached hydrogen (secondary N) is 1. The van der Waals surface area contributed by atoms with E-state index in [9.17, 15) is 4.79 Å². The Balaban J connectivity index is 1.28. The highest BCUT2D eigenvalue weighted by molar-refractivity contribution is 5.96. The minimum absolute atomic E-state index is 0.0267. The van der Waals surface area contributed by atoms with Crippen LogP contribution in [0, 0.1) is 12.8 Å². The van der Waals surface area contributed by atoms with Crippen LogP contribution in [0.15, 0.2) is 91.1 Å². The number of carbonyl (C=O) groups excluding carboxylic acids is 1. The molecule has 1 saturated heterocycles. The second-order valence-corrected chi connectivity index (χ2v) is 10.7. The minimum atomic E-state index is -0.217. The van der Waals surface area contributed by atoms with Gasteiger partial charge in [-0.1, -0.05) is 62.4 Å². The molecule has 5 heteroatoms. The number of hydrogen-bond acceptors (Lipinski definition) is 4. The van der Waals surface area contributed by atoms with Crippen LogP contribution in [0.4, 0.5) is 11.4 Å².